The van der Waals surface area contributed by atoms with Crippen molar-refractivity contribution >= 4 is 22.8 Å². The molecule has 3 aromatic heterocycles. The Morgan fingerprint density at radius 1 is 1.26 bits per heavy atom. The summed E-state index contributed by atoms with van der Waals surface area (Å²) in [6.45, 7) is 1.96. The Balaban J connectivity index is 2.32. The zero-order chi connectivity index (χ0) is 13.6. The van der Waals surface area contributed by atoms with Crippen LogP contribution in [0.1, 0.15) is 11.5 Å². The zero-order valence-corrected chi connectivity index (χ0v) is 11.9. The van der Waals surface area contributed by atoms with Crippen molar-refractivity contribution in [2.45, 2.75) is 13.3 Å². The lowest BCUT2D eigenvalue weighted by atomic mass is 10.4. The number of fused-ring (bicyclic) bond motifs is 1. The van der Waals surface area contributed by atoms with Crippen LogP contribution in [0, 0.1) is 6.92 Å². The molecule has 0 unspecified atom stereocenters. The monoisotopic (exact) mass is 278 g/mol. The standard InChI is InChI=1S/C12H15ClN6/c1-8-11-12(18(3)15-8)19(9(14-11)4-6-13)10-5-7-17(2)16-10/h5,7H,4,6H2,1-3H3. The molecule has 0 bridgehead atoms. The van der Waals surface area contributed by atoms with Crippen LogP contribution in [0.15, 0.2) is 12.3 Å². The van der Waals surface area contributed by atoms with Crippen LogP contribution in [0.3, 0.4) is 0 Å². The molecule has 0 saturated carbocycles. The van der Waals surface area contributed by atoms with Crippen molar-refractivity contribution in [3.63, 3.8) is 0 Å². The van der Waals surface area contributed by atoms with Gasteiger partial charge in [0, 0.05) is 38.7 Å². The number of nitrogens with zero attached hydrogens (tertiary/aromatic N) is 6. The first-order valence-corrected chi connectivity index (χ1v) is 6.62. The molecular weight excluding hydrogens is 264 g/mol. The third-order valence-electron chi connectivity index (χ3n) is 3.12. The van der Waals surface area contributed by atoms with Crippen LogP contribution in [0.5, 0.6) is 0 Å². The zero-order valence-electron chi connectivity index (χ0n) is 11.1. The molecule has 0 aromatic carbocycles. The van der Waals surface area contributed by atoms with Crippen LogP contribution in [-0.2, 0) is 20.5 Å². The quantitative estimate of drug-likeness (QED) is 0.684. The molecular formula is C12H15ClN6. The van der Waals surface area contributed by atoms with Gasteiger partial charge >= 0.3 is 0 Å². The molecule has 3 heterocycles. The highest BCUT2D eigenvalue weighted by molar-refractivity contribution is 6.17. The number of alkyl halides is 1. The fourth-order valence-electron chi connectivity index (χ4n) is 2.33. The maximum absolute atomic E-state index is 5.87. The van der Waals surface area contributed by atoms with E-state index in [2.05, 4.69) is 15.2 Å². The summed E-state index contributed by atoms with van der Waals surface area (Å²) in [4.78, 5) is 4.65. The highest BCUT2D eigenvalue weighted by atomic mass is 35.5. The number of halogens is 1. The molecule has 6 nitrogen and oxygen atoms in total. The van der Waals surface area contributed by atoms with E-state index in [9.17, 15) is 0 Å². The average molecular weight is 279 g/mol. The van der Waals surface area contributed by atoms with Gasteiger partial charge in [-0.1, -0.05) is 0 Å². The van der Waals surface area contributed by atoms with E-state index >= 15 is 0 Å². The van der Waals surface area contributed by atoms with Crippen LogP contribution >= 0.6 is 11.6 Å². The normalized spacial score (nSPS) is 11.6. The average Bonchev–Trinajstić information content (AvgIpc) is 2.99. The molecule has 3 rings (SSSR count). The van der Waals surface area contributed by atoms with Crippen LogP contribution in [0.4, 0.5) is 0 Å². The number of hydrogen-bond donors (Lipinski definition) is 0. The van der Waals surface area contributed by atoms with Crippen LogP contribution in [-0.4, -0.2) is 35.0 Å². The van der Waals surface area contributed by atoms with Crippen LogP contribution < -0.4 is 0 Å². The Bertz CT molecular complexity index is 735. The first-order valence-electron chi connectivity index (χ1n) is 6.08. The van der Waals surface area contributed by atoms with Crippen molar-refractivity contribution in [2.75, 3.05) is 5.88 Å². The van der Waals surface area contributed by atoms with Gasteiger partial charge < -0.3 is 0 Å². The molecule has 3 aromatic rings. The first-order chi connectivity index (χ1) is 9.11. The molecule has 19 heavy (non-hydrogen) atoms. The van der Waals surface area contributed by atoms with Crippen molar-refractivity contribution in [1.29, 1.82) is 0 Å². The van der Waals surface area contributed by atoms with E-state index in [-0.39, 0.29) is 0 Å². The van der Waals surface area contributed by atoms with E-state index in [0.29, 0.717) is 12.3 Å². The van der Waals surface area contributed by atoms with Gasteiger partial charge in [0.2, 0.25) is 0 Å². The number of hydrogen-bond acceptors (Lipinski definition) is 3. The maximum atomic E-state index is 5.87. The highest BCUT2D eigenvalue weighted by Crippen LogP contribution is 2.22. The van der Waals surface area contributed by atoms with Crippen molar-refractivity contribution in [2.24, 2.45) is 14.1 Å². The summed E-state index contributed by atoms with van der Waals surface area (Å²) in [7, 11) is 3.81. The first kappa shape index (κ1) is 12.2. The van der Waals surface area contributed by atoms with Crippen LogP contribution in [0.2, 0.25) is 0 Å². The third-order valence-corrected chi connectivity index (χ3v) is 3.31. The second-order valence-corrected chi connectivity index (χ2v) is 4.91. The Morgan fingerprint density at radius 3 is 2.68 bits per heavy atom. The molecule has 0 aliphatic rings. The molecule has 0 spiro atoms. The van der Waals surface area contributed by atoms with Gasteiger partial charge in [0.1, 0.15) is 11.3 Å². The predicted molar refractivity (Wildman–Crippen MR) is 73.8 cm³/mol. The molecule has 7 heteroatoms. The molecule has 0 N–H and O–H groups in total. The maximum Gasteiger partial charge on any atom is 0.164 e. The summed E-state index contributed by atoms with van der Waals surface area (Å²) >= 11 is 5.87. The summed E-state index contributed by atoms with van der Waals surface area (Å²) < 4.78 is 5.64. The molecule has 100 valence electrons. The van der Waals surface area contributed by atoms with E-state index in [1.807, 2.05) is 42.5 Å². The summed E-state index contributed by atoms with van der Waals surface area (Å²) in [5.74, 6) is 2.29. The highest BCUT2D eigenvalue weighted by Gasteiger charge is 2.19. The minimum atomic E-state index is 0.530. The number of rotatable bonds is 3. The summed E-state index contributed by atoms with van der Waals surface area (Å²) in [5, 5.41) is 8.86. The van der Waals surface area contributed by atoms with Crippen molar-refractivity contribution in [1.82, 2.24) is 29.1 Å². The second-order valence-electron chi connectivity index (χ2n) is 4.53. The van der Waals surface area contributed by atoms with Crippen LogP contribution in [0.25, 0.3) is 17.0 Å². The number of imidazole rings is 1. The van der Waals surface area contributed by atoms with Crippen molar-refractivity contribution in [3.05, 3.63) is 23.8 Å². The van der Waals surface area contributed by atoms with Gasteiger partial charge in [0.05, 0.1) is 5.69 Å². The van der Waals surface area contributed by atoms with Gasteiger partial charge in [0.25, 0.3) is 0 Å². The lowest BCUT2D eigenvalue weighted by molar-refractivity contribution is 0.722. The summed E-state index contributed by atoms with van der Waals surface area (Å²) in [6, 6.07) is 1.96. The van der Waals surface area contributed by atoms with Crippen molar-refractivity contribution < 1.29 is 0 Å². The van der Waals surface area contributed by atoms with Gasteiger partial charge in [-0.3, -0.25) is 9.25 Å². The number of aromatic nitrogens is 6. The van der Waals surface area contributed by atoms with Gasteiger partial charge in [-0.25, -0.2) is 9.67 Å². The largest absolute Gasteiger partial charge is 0.274 e. The number of aryl methyl sites for hydroxylation is 4. The van der Waals surface area contributed by atoms with Gasteiger partial charge in [-0.05, 0) is 6.92 Å². The molecule has 0 radical (unpaired) electrons. The van der Waals surface area contributed by atoms with Gasteiger partial charge in [0.15, 0.2) is 11.5 Å². The Morgan fingerprint density at radius 2 is 2.05 bits per heavy atom. The van der Waals surface area contributed by atoms with Gasteiger partial charge in [-0.2, -0.15) is 10.2 Å². The van der Waals surface area contributed by atoms with E-state index in [1.165, 1.54) is 0 Å². The third kappa shape index (κ3) is 1.83. The molecule has 0 saturated heterocycles. The molecule has 0 fully saturated rings. The second kappa shape index (κ2) is 4.38. The smallest absolute Gasteiger partial charge is 0.164 e. The lowest BCUT2D eigenvalue weighted by Crippen LogP contribution is -2.07. The predicted octanol–water partition coefficient (Wildman–Crippen LogP) is 1.58. The Hall–Kier alpha value is -1.82. The molecule has 0 atom stereocenters. The Kier molecular flexibility index (Phi) is 2.82. The Labute approximate surface area is 115 Å². The molecule has 0 aliphatic carbocycles. The fourth-order valence-corrected chi connectivity index (χ4v) is 2.50. The van der Waals surface area contributed by atoms with E-state index in [0.717, 1.165) is 28.5 Å². The minimum absolute atomic E-state index is 0.530. The molecule has 0 amide bonds. The fraction of sp³-hybridized carbons (Fsp3) is 0.417. The topological polar surface area (TPSA) is 53.5 Å². The van der Waals surface area contributed by atoms with Crippen molar-refractivity contribution in [3.8, 4) is 5.82 Å². The van der Waals surface area contributed by atoms with E-state index in [4.69, 9.17) is 11.6 Å². The molecule has 0 aliphatic heterocycles. The van der Waals surface area contributed by atoms with Gasteiger partial charge in [-0.15, -0.1) is 11.6 Å². The van der Waals surface area contributed by atoms with E-state index in [1.54, 1.807) is 4.68 Å². The SMILES string of the molecule is Cc1nn(C)c2c1nc(CCCl)n2-c1ccn(C)n1. The van der Waals surface area contributed by atoms with E-state index < -0.39 is 0 Å². The lowest BCUT2D eigenvalue weighted by Gasteiger charge is -2.05. The minimum Gasteiger partial charge on any atom is -0.274 e. The summed E-state index contributed by atoms with van der Waals surface area (Å²) in [6.07, 6.45) is 2.61. The summed E-state index contributed by atoms with van der Waals surface area (Å²) in [5.41, 5.74) is 2.78.